The molecule has 2 heterocycles. The van der Waals surface area contributed by atoms with Crippen LogP contribution in [0.5, 0.6) is 0 Å². The lowest BCUT2D eigenvalue weighted by Gasteiger charge is -2.18. The van der Waals surface area contributed by atoms with Gasteiger partial charge in [0.1, 0.15) is 11.6 Å². The smallest absolute Gasteiger partial charge is 0.231 e. The Morgan fingerprint density at radius 1 is 1.09 bits per heavy atom. The van der Waals surface area contributed by atoms with Crippen LogP contribution in [0.4, 0.5) is 8.78 Å². The van der Waals surface area contributed by atoms with Crippen LogP contribution >= 0.6 is 23.1 Å². The summed E-state index contributed by atoms with van der Waals surface area (Å²) in [5.74, 6) is -0.234. The van der Waals surface area contributed by atoms with E-state index in [4.69, 9.17) is 0 Å². The van der Waals surface area contributed by atoms with Gasteiger partial charge in [-0.2, -0.15) is 0 Å². The Kier molecular flexibility index (Phi) is 6.24. The number of benzene rings is 2. The van der Waals surface area contributed by atoms with Gasteiger partial charge in [0.2, 0.25) is 5.91 Å². The highest BCUT2D eigenvalue weighted by Gasteiger charge is 2.31. The number of hydrogen-bond acceptors (Lipinski definition) is 5. The standard InChI is InChI=1S/C24H20F2N4OS2/c25-16-9-7-15(8-10-16)22(20-6-3-13-32-20)27-21(31)14-33-24-29-28-23(30(24)17-11-12-17)18-4-1-2-5-19(18)26/h1-10,13,17,22H,11-12,14H2,(H,27,31)/t22-/m1/s1. The van der Waals surface area contributed by atoms with E-state index >= 15 is 0 Å². The average Bonchev–Trinajstić information content (AvgIpc) is 3.34. The molecule has 1 fully saturated rings. The molecule has 0 saturated heterocycles. The maximum atomic E-state index is 14.4. The SMILES string of the molecule is O=C(CSc1nnc(-c2ccccc2F)n1C1CC1)N[C@H](c1ccc(F)cc1)c1cccs1. The van der Waals surface area contributed by atoms with Crippen molar-refractivity contribution in [2.45, 2.75) is 30.1 Å². The van der Waals surface area contributed by atoms with Crippen molar-refractivity contribution in [1.82, 2.24) is 20.1 Å². The fourth-order valence-corrected chi connectivity index (χ4v) is 5.24. The molecule has 1 amide bonds. The zero-order valence-corrected chi connectivity index (χ0v) is 19.1. The molecule has 0 radical (unpaired) electrons. The van der Waals surface area contributed by atoms with Crippen molar-refractivity contribution < 1.29 is 13.6 Å². The Morgan fingerprint density at radius 2 is 1.88 bits per heavy atom. The number of carbonyl (C=O) groups is 1. The minimum absolute atomic E-state index is 0.130. The number of thiophene rings is 1. The largest absolute Gasteiger partial charge is 0.344 e. The minimum atomic E-state index is -0.367. The lowest BCUT2D eigenvalue weighted by atomic mass is 10.1. The van der Waals surface area contributed by atoms with Crippen LogP contribution in [-0.4, -0.2) is 26.4 Å². The molecule has 1 aliphatic rings. The molecule has 2 aromatic heterocycles. The maximum absolute atomic E-state index is 14.4. The van der Waals surface area contributed by atoms with Gasteiger partial charge in [-0.3, -0.25) is 9.36 Å². The van der Waals surface area contributed by atoms with Crippen molar-refractivity contribution in [3.63, 3.8) is 0 Å². The number of carbonyl (C=O) groups excluding carboxylic acids is 1. The second kappa shape index (κ2) is 9.44. The van der Waals surface area contributed by atoms with Crippen LogP contribution in [0.15, 0.2) is 71.2 Å². The van der Waals surface area contributed by atoms with Crippen LogP contribution in [0.3, 0.4) is 0 Å². The van der Waals surface area contributed by atoms with E-state index in [2.05, 4.69) is 15.5 Å². The second-order valence-corrected chi connectivity index (χ2v) is 9.67. The quantitative estimate of drug-likeness (QED) is 0.331. The summed E-state index contributed by atoms with van der Waals surface area (Å²) in [6, 6.07) is 16.3. The number of nitrogens with one attached hydrogen (secondary N) is 1. The van der Waals surface area contributed by atoms with Gasteiger partial charge in [-0.25, -0.2) is 8.78 Å². The first-order valence-electron chi connectivity index (χ1n) is 10.5. The van der Waals surface area contributed by atoms with Gasteiger partial charge in [0.05, 0.1) is 17.4 Å². The first-order chi connectivity index (χ1) is 16.1. The molecule has 0 aliphatic heterocycles. The molecule has 1 aliphatic carbocycles. The monoisotopic (exact) mass is 482 g/mol. The van der Waals surface area contributed by atoms with Crippen molar-refractivity contribution in [3.8, 4) is 11.4 Å². The molecule has 0 bridgehead atoms. The van der Waals surface area contributed by atoms with E-state index < -0.39 is 0 Å². The highest BCUT2D eigenvalue weighted by atomic mass is 32.2. The molecule has 0 unspecified atom stereocenters. The zero-order chi connectivity index (χ0) is 22.8. The van der Waals surface area contributed by atoms with Crippen LogP contribution in [-0.2, 0) is 4.79 Å². The molecule has 2 aromatic carbocycles. The lowest BCUT2D eigenvalue weighted by molar-refractivity contribution is -0.119. The summed E-state index contributed by atoms with van der Waals surface area (Å²) in [5.41, 5.74) is 1.21. The average molecular weight is 483 g/mol. The third-order valence-electron chi connectivity index (χ3n) is 5.36. The predicted molar refractivity (Wildman–Crippen MR) is 125 cm³/mol. The Balaban J connectivity index is 1.33. The highest BCUT2D eigenvalue weighted by Crippen LogP contribution is 2.41. The van der Waals surface area contributed by atoms with Crippen LogP contribution in [0.25, 0.3) is 11.4 Å². The number of aromatic nitrogens is 3. The molecule has 5 rings (SSSR count). The van der Waals surface area contributed by atoms with E-state index in [1.165, 1.54) is 41.3 Å². The summed E-state index contributed by atoms with van der Waals surface area (Å²) in [7, 11) is 0. The summed E-state index contributed by atoms with van der Waals surface area (Å²) < 4.78 is 29.7. The van der Waals surface area contributed by atoms with E-state index in [1.54, 1.807) is 30.3 Å². The lowest BCUT2D eigenvalue weighted by Crippen LogP contribution is -2.30. The number of thioether (sulfide) groups is 1. The van der Waals surface area contributed by atoms with Crippen LogP contribution in [0.2, 0.25) is 0 Å². The minimum Gasteiger partial charge on any atom is -0.344 e. The summed E-state index contributed by atoms with van der Waals surface area (Å²) in [6.45, 7) is 0. The van der Waals surface area contributed by atoms with E-state index in [9.17, 15) is 13.6 Å². The first-order valence-corrected chi connectivity index (χ1v) is 12.4. The Morgan fingerprint density at radius 3 is 2.58 bits per heavy atom. The molecule has 168 valence electrons. The van der Waals surface area contributed by atoms with Gasteiger partial charge in [0, 0.05) is 10.9 Å². The van der Waals surface area contributed by atoms with Crippen molar-refractivity contribution in [2.75, 3.05) is 5.75 Å². The third kappa shape index (κ3) is 4.84. The molecule has 0 spiro atoms. The van der Waals surface area contributed by atoms with Crippen molar-refractivity contribution in [1.29, 1.82) is 0 Å². The van der Waals surface area contributed by atoms with Gasteiger partial charge in [-0.15, -0.1) is 21.5 Å². The summed E-state index contributed by atoms with van der Waals surface area (Å²) in [5, 5.41) is 14.1. The molecule has 9 heteroatoms. The zero-order valence-electron chi connectivity index (χ0n) is 17.4. The van der Waals surface area contributed by atoms with Crippen LogP contribution in [0.1, 0.15) is 35.4 Å². The molecular weight excluding hydrogens is 462 g/mol. The van der Waals surface area contributed by atoms with Gasteiger partial charge in [0.25, 0.3) is 0 Å². The number of halogens is 2. The fraction of sp³-hybridized carbons (Fsp3) is 0.208. The number of nitrogens with zero attached hydrogens (tertiary/aromatic N) is 3. The fourth-order valence-electron chi connectivity index (χ4n) is 3.63. The van der Waals surface area contributed by atoms with Crippen molar-refractivity contribution in [2.24, 2.45) is 0 Å². The second-order valence-electron chi connectivity index (χ2n) is 7.74. The van der Waals surface area contributed by atoms with E-state index in [0.717, 1.165) is 23.3 Å². The van der Waals surface area contributed by atoms with Crippen molar-refractivity contribution in [3.05, 3.63) is 88.1 Å². The normalized spacial score (nSPS) is 14.2. The predicted octanol–water partition coefficient (Wildman–Crippen LogP) is 5.62. The summed E-state index contributed by atoms with van der Waals surface area (Å²) in [6.07, 6.45) is 1.95. The molecule has 1 saturated carbocycles. The Bertz CT molecular complexity index is 1250. The molecule has 4 aromatic rings. The number of amides is 1. The molecule has 1 atom stereocenters. The van der Waals surface area contributed by atoms with Crippen LogP contribution in [0, 0.1) is 11.6 Å². The van der Waals surface area contributed by atoms with Gasteiger partial charge in [-0.05, 0) is 54.1 Å². The number of rotatable bonds is 8. The van der Waals surface area contributed by atoms with Gasteiger partial charge >= 0.3 is 0 Å². The molecule has 1 N–H and O–H groups in total. The Labute approximate surface area is 197 Å². The molecule has 33 heavy (non-hydrogen) atoms. The highest BCUT2D eigenvalue weighted by molar-refractivity contribution is 7.99. The van der Waals surface area contributed by atoms with Crippen molar-refractivity contribution >= 4 is 29.0 Å². The summed E-state index contributed by atoms with van der Waals surface area (Å²) >= 11 is 2.81. The van der Waals surface area contributed by atoms with Gasteiger partial charge in [-0.1, -0.05) is 42.1 Å². The van der Waals surface area contributed by atoms with Gasteiger partial charge in [0.15, 0.2) is 11.0 Å². The molecular formula is C24H20F2N4OS2. The third-order valence-corrected chi connectivity index (χ3v) is 7.24. The molecule has 5 nitrogen and oxygen atoms in total. The van der Waals surface area contributed by atoms with E-state index in [0.29, 0.717) is 16.5 Å². The maximum Gasteiger partial charge on any atom is 0.231 e. The first kappa shape index (κ1) is 21.8. The number of hydrogen-bond donors (Lipinski definition) is 1. The Hall–Kier alpha value is -3.04. The van der Waals surface area contributed by atoms with E-state index in [-0.39, 0.29) is 35.4 Å². The topological polar surface area (TPSA) is 59.8 Å². The van der Waals surface area contributed by atoms with Gasteiger partial charge < -0.3 is 5.32 Å². The summed E-state index contributed by atoms with van der Waals surface area (Å²) in [4.78, 5) is 13.8. The van der Waals surface area contributed by atoms with E-state index in [1.807, 2.05) is 22.1 Å². The van der Waals surface area contributed by atoms with Crippen LogP contribution < -0.4 is 5.32 Å².